The summed E-state index contributed by atoms with van der Waals surface area (Å²) < 4.78 is 31.2. The molecular weight excluding hydrogens is 443 g/mol. The summed E-state index contributed by atoms with van der Waals surface area (Å²) in [6.07, 6.45) is 0. The monoisotopic (exact) mass is 456 g/mol. The molecule has 0 aliphatic heterocycles. The zero-order valence-electron chi connectivity index (χ0n) is 14.8. The molecule has 0 aliphatic rings. The summed E-state index contributed by atoms with van der Waals surface area (Å²) in [6.45, 7) is 0. The number of rotatable bonds is 5. The van der Waals surface area contributed by atoms with Crippen molar-refractivity contribution in [2.24, 2.45) is 0 Å². The molecule has 3 rings (SSSR count). The highest BCUT2D eigenvalue weighted by Gasteiger charge is 2.34. The van der Waals surface area contributed by atoms with E-state index in [0.717, 1.165) is 11.8 Å². The fraction of sp³-hybridized carbons (Fsp3) is 0.111. The highest BCUT2D eigenvalue weighted by Crippen LogP contribution is 2.36. The molecule has 0 amide bonds. The van der Waals surface area contributed by atoms with Gasteiger partial charge in [0.15, 0.2) is 5.69 Å². The Morgan fingerprint density at radius 2 is 1.83 bits per heavy atom. The fourth-order valence-electron chi connectivity index (χ4n) is 2.69. The Morgan fingerprint density at radius 1 is 1.17 bits per heavy atom. The second-order valence-electron chi connectivity index (χ2n) is 5.82. The summed E-state index contributed by atoms with van der Waals surface area (Å²) in [5.74, 6) is -2.33. The van der Waals surface area contributed by atoms with Crippen LogP contribution in [0.1, 0.15) is 10.5 Å². The van der Waals surface area contributed by atoms with Crippen LogP contribution in [0.4, 0.5) is 0 Å². The Morgan fingerprint density at radius 3 is 2.38 bits per heavy atom. The molecular formula is C18H14Cl2N2O6S. The van der Waals surface area contributed by atoms with Gasteiger partial charge in [-0.05, 0) is 42.5 Å². The first-order valence-electron chi connectivity index (χ1n) is 7.99. The molecule has 0 spiro atoms. The van der Waals surface area contributed by atoms with Crippen LogP contribution in [0.3, 0.4) is 0 Å². The van der Waals surface area contributed by atoms with E-state index >= 15 is 0 Å². The average Bonchev–Trinajstić information content (AvgIpc) is 3.09. The second kappa shape index (κ2) is 8.03. The van der Waals surface area contributed by atoms with Crippen LogP contribution in [0.5, 0.6) is 5.75 Å². The van der Waals surface area contributed by atoms with E-state index in [2.05, 4.69) is 9.84 Å². The van der Waals surface area contributed by atoms with Crippen molar-refractivity contribution in [3.8, 4) is 22.7 Å². The predicted octanol–water partition coefficient (Wildman–Crippen LogP) is 3.06. The number of carbonyl (C=O) groups is 1. The maximum Gasteiger partial charge on any atom is 0.359 e. The first-order chi connectivity index (χ1) is 13.7. The second-order valence-corrected chi connectivity index (χ2v) is 8.56. The zero-order valence-corrected chi connectivity index (χ0v) is 17.2. The molecule has 0 saturated carbocycles. The van der Waals surface area contributed by atoms with Crippen molar-refractivity contribution >= 4 is 39.0 Å². The van der Waals surface area contributed by atoms with E-state index in [-0.39, 0.29) is 22.2 Å². The number of aliphatic hydroxyl groups excluding tert-OH is 1. The van der Waals surface area contributed by atoms with Crippen LogP contribution < -0.4 is 0 Å². The van der Waals surface area contributed by atoms with Gasteiger partial charge in [-0.1, -0.05) is 23.2 Å². The topological polar surface area (TPSA) is 119 Å². The van der Waals surface area contributed by atoms with E-state index in [1.54, 1.807) is 0 Å². The number of esters is 1. The van der Waals surface area contributed by atoms with Crippen LogP contribution in [-0.4, -0.2) is 47.4 Å². The molecule has 152 valence electrons. The first-order valence-corrected chi connectivity index (χ1v) is 10.4. The van der Waals surface area contributed by atoms with Gasteiger partial charge in [0, 0.05) is 10.6 Å². The number of nitrogens with zero attached hydrogens (tertiary/aromatic N) is 2. The van der Waals surface area contributed by atoms with Crippen molar-refractivity contribution < 1.29 is 28.2 Å². The van der Waals surface area contributed by atoms with Gasteiger partial charge in [0.05, 0.1) is 23.5 Å². The van der Waals surface area contributed by atoms with E-state index in [0.29, 0.717) is 10.6 Å². The molecule has 0 saturated heterocycles. The van der Waals surface area contributed by atoms with E-state index in [1.165, 1.54) is 42.5 Å². The van der Waals surface area contributed by atoms with Crippen molar-refractivity contribution in [3.05, 3.63) is 58.2 Å². The van der Waals surface area contributed by atoms with Gasteiger partial charge in [-0.3, -0.25) is 0 Å². The normalized spacial score (nSPS) is 11.4. The van der Waals surface area contributed by atoms with Gasteiger partial charge in [-0.15, -0.1) is 0 Å². The molecule has 0 bridgehead atoms. The molecule has 8 nitrogen and oxygen atoms in total. The van der Waals surface area contributed by atoms with E-state index in [1.807, 2.05) is 0 Å². The lowest BCUT2D eigenvalue weighted by atomic mass is 10.1. The third-order valence-corrected chi connectivity index (χ3v) is 5.87. The molecule has 2 N–H and O–H groups in total. The number of sulfone groups is 1. The minimum Gasteiger partial charge on any atom is -0.508 e. The van der Waals surface area contributed by atoms with Gasteiger partial charge < -0.3 is 14.9 Å². The van der Waals surface area contributed by atoms with Crippen LogP contribution >= 0.6 is 23.2 Å². The van der Waals surface area contributed by atoms with Gasteiger partial charge in [0.25, 0.3) is 0 Å². The van der Waals surface area contributed by atoms with Crippen molar-refractivity contribution in [2.75, 3.05) is 13.0 Å². The molecule has 0 atom stereocenters. The quantitative estimate of drug-likeness (QED) is 0.566. The van der Waals surface area contributed by atoms with Crippen molar-refractivity contribution in [1.82, 2.24) is 9.78 Å². The number of aromatic hydroxyl groups is 1. The molecule has 0 aliphatic carbocycles. The number of methoxy groups -OCH3 is 1. The highest BCUT2D eigenvalue weighted by molar-refractivity contribution is 7.91. The predicted molar refractivity (Wildman–Crippen MR) is 106 cm³/mol. The molecule has 2 aromatic carbocycles. The van der Waals surface area contributed by atoms with Crippen molar-refractivity contribution in [2.45, 2.75) is 4.90 Å². The number of phenols is 1. The summed E-state index contributed by atoms with van der Waals surface area (Å²) in [5, 5.41) is 23.6. The maximum absolute atomic E-state index is 12.7. The number of ether oxygens (including phenoxy) is 1. The van der Waals surface area contributed by atoms with Crippen LogP contribution in [-0.2, 0) is 14.6 Å². The molecule has 0 radical (unpaired) electrons. The minimum absolute atomic E-state index is 0.0383. The largest absolute Gasteiger partial charge is 0.508 e. The van der Waals surface area contributed by atoms with Gasteiger partial charge >= 0.3 is 5.97 Å². The lowest BCUT2D eigenvalue weighted by Crippen LogP contribution is -2.13. The zero-order chi connectivity index (χ0) is 21.3. The Balaban J connectivity index is 2.47. The van der Waals surface area contributed by atoms with E-state index < -0.39 is 32.3 Å². The summed E-state index contributed by atoms with van der Waals surface area (Å²) >= 11 is 12.2. The SMILES string of the molecule is COC(=O)c1nn(-c2ccc(Cl)cc2Cl)c(-c2ccc(O)cc2)c1S(=O)(=O)CO. The summed E-state index contributed by atoms with van der Waals surface area (Å²) in [5.41, 5.74) is -0.0218. The smallest absolute Gasteiger partial charge is 0.359 e. The van der Waals surface area contributed by atoms with E-state index in [9.17, 15) is 23.4 Å². The molecule has 3 aromatic rings. The van der Waals surface area contributed by atoms with Gasteiger partial charge in [-0.2, -0.15) is 5.10 Å². The number of hydrogen-bond acceptors (Lipinski definition) is 7. The summed E-state index contributed by atoms with van der Waals surface area (Å²) in [7, 11) is -3.27. The average molecular weight is 457 g/mol. The number of halogens is 2. The molecule has 29 heavy (non-hydrogen) atoms. The highest BCUT2D eigenvalue weighted by atomic mass is 35.5. The number of hydrogen-bond donors (Lipinski definition) is 2. The molecule has 0 unspecified atom stereocenters. The van der Waals surface area contributed by atoms with Gasteiger partial charge in [0.2, 0.25) is 9.84 Å². The number of aromatic nitrogens is 2. The Labute approximate surface area is 175 Å². The first kappa shape index (κ1) is 21.1. The van der Waals surface area contributed by atoms with Crippen LogP contribution in [0, 0.1) is 0 Å². The molecule has 1 heterocycles. The lowest BCUT2D eigenvalue weighted by Gasteiger charge is -2.11. The van der Waals surface area contributed by atoms with Gasteiger partial charge in [0.1, 0.15) is 16.6 Å². The molecule has 1 aromatic heterocycles. The third-order valence-electron chi connectivity index (χ3n) is 3.98. The Kier molecular flexibility index (Phi) is 5.85. The Bertz CT molecular complexity index is 1190. The van der Waals surface area contributed by atoms with Crippen molar-refractivity contribution in [1.29, 1.82) is 0 Å². The molecule has 11 heteroatoms. The summed E-state index contributed by atoms with van der Waals surface area (Å²) in [4.78, 5) is 11.8. The van der Waals surface area contributed by atoms with E-state index in [4.69, 9.17) is 23.2 Å². The van der Waals surface area contributed by atoms with Gasteiger partial charge in [-0.25, -0.2) is 17.9 Å². The molecule has 0 fully saturated rings. The fourth-order valence-corrected chi connectivity index (χ4v) is 4.23. The number of carbonyl (C=O) groups excluding carboxylic acids is 1. The number of phenolic OH excluding ortho intramolecular Hbond substituents is 1. The van der Waals surface area contributed by atoms with Crippen LogP contribution in [0.25, 0.3) is 16.9 Å². The lowest BCUT2D eigenvalue weighted by molar-refractivity contribution is 0.0589. The third kappa shape index (κ3) is 3.95. The number of aliphatic hydroxyl groups is 1. The summed E-state index contributed by atoms with van der Waals surface area (Å²) in [6, 6.07) is 9.99. The minimum atomic E-state index is -4.34. The van der Waals surface area contributed by atoms with Crippen LogP contribution in [0.15, 0.2) is 47.4 Å². The Hall–Kier alpha value is -2.59. The number of benzene rings is 2. The maximum atomic E-state index is 12.7. The standard InChI is InChI=1S/C18H14Cl2N2O6S/c1-28-18(25)15-17(29(26,27)9-23)16(10-2-5-12(24)6-3-10)22(21-15)14-7-4-11(19)8-13(14)20/h2-8,23-24H,9H2,1H3. The van der Waals surface area contributed by atoms with Crippen molar-refractivity contribution in [3.63, 3.8) is 0 Å². The van der Waals surface area contributed by atoms with Crippen LogP contribution in [0.2, 0.25) is 10.0 Å².